The highest BCUT2D eigenvalue weighted by atomic mass is 79.9. The van der Waals surface area contributed by atoms with Crippen LogP contribution in [0.15, 0.2) is 0 Å². The smallest absolute Gasteiger partial charge is 0.160 e. The molecule has 1 rings (SSSR count). The second-order valence-corrected chi connectivity index (χ2v) is 6.12. The predicted octanol–water partition coefficient (Wildman–Crippen LogP) is 2.90. The van der Waals surface area contributed by atoms with Crippen LogP contribution in [-0.4, -0.2) is 15.4 Å². The molecule has 0 N–H and O–H groups in total. The van der Waals surface area contributed by atoms with E-state index in [2.05, 4.69) is 45.7 Å². The number of alkyl halides is 2. The van der Waals surface area contributed by atoms with Crippen LogP contribution in [0.3, 0.4) is 0 Å². The van der Waals surface area contributed by atoms with Gasteiger partial charge in [-0.1, -0.05) is 45.7 Å². The summed E-state index contributed by atoms with van der Waals surface area (Å²) in [4.78, 5) is 11.4. The van der Waals surface area contributed by atoms with Crippen LogP contribution in [0.1, 0.15) is 26.7 Å². The molecule has 11 heavy (non-hydrogen) atoms. The van der Waals surface area contributed by atoms with Crippen molar-refractivity contribution in [1.29, 1.82) is 0 Å². The third kappa shape index (κ3) is 2.28. The van der Waals surface area contributed by atoms with Gasteiger partial charge in [-0.05, 0) is 18.3 Å². The molecule has 1 aliphatic rings. The zero-order valence-corrected chi connectivity index (χ0v) is 9.91. The Labute approximate surface area is 84.2 Å². The summed E-state index contributed by atoms with van der Waals surface area (Å²) in [5, 5.41) is 0. The number of hydrogen-bond acceptors (Lipinski definition) is 1. The van der Waals surface area contributed by atoms with Gasteiger partial charge in [0.25, 0.3) is 0 Å². The van der Waals surface area contributed by atoms with Crippen molar-refractivity contribution in [2.75, 3.05) is 0 Å². The van der Waals surface area contributed by atoms with Crippen molar-refractivity contribution < 1.29 is 4.79 Å². The third-order valence-electron chi connectivity index (χ3n) is 2.08. The first-order chi connectivity index (χ1) is 4.92. The zero-order valence-electron chi connectivity index (χ0n) is 6.73. The molecule has 3 heteroatoms. The van der Waals surface area contributed by atoms with Gasteiger partial charge >= 0.3 is 0 Å². The Balaban J connectivity index is 2.70. The van der Waals surface area contributed by atoms with Gasteiger partial charge in [0, 0.05) is 0 Å². The molecule has 0 saturated heterocycles. The largest absolute Gasteiger partial charge is 0.297 e. The third-order valence-corrected chi connectivity index (χ3v) is 3.63. The summed E-state index contributed by atoms with van der Waals surface area (Å²) in [5.41, 5.74) is 0.288. The van der Waals surface area contributed by atoms with Gasteiger partial charge in [0.05, 0.1) is 9.65 Å². The minimum Gasteiger partial charge on any atom is -0.297 e. The Morgan fingerprint density at radius 3 is 2.00 bits per heavy atom. The highest BCUT2D eigenvalue weighted by Gasteiger charge is 2.37. The molecule has 0 bridgehead atoms. The Kier molecular flexibility index (Phi) is 2.80. The topological polar surface area (TPSA) is 17.1 Å². The zero-order chi connectivity index (χ0) is 8.65. The summed E-state index contributed by atoms with van der Waals surface area (Å²) in [6, 6.07) is 0. The molecule has 2 unspecified atom stereocenters. The van der Waals surface area contributed by atoms with Gasteiger partial charge in [-0.25, -0.2) is 0 Å². The first kappa shape index (κ1) is 9.72. The average molecular weight is 284 g/mol. The van der Waals surface area contributed by atoms with Crippen LogP contribution < -0.4 is 0 Å². The fourth-order valence-corrected chi connectivity index (χ4v) is 4.20. The van der Waals surface area contributed by atoms with Crippen LogP contribution in [-0.2, 0) is 4.79 Å². The lowest BCUT2D eigenvalue weighted by atomic mass is 9.77. The van der Waals surface area contributed by atoms with Crippen LogP contribution in [0.25, 0.3) is 0 Å². The van der Waals surface area contributed by atoms with Crippen LogP contribution in [0.5, 0.6) is 0 Å². The molecule has 0 heterocycles. The van der Waals surface area contributed by atoms with Gasteiger partial charge in [0.2, 0.25) is 0 Å². The highest BCUT2D eigenvalue weighted by molar-refractivity contribution is 9.10. The summed E-state index contributed by atoms with van der Waals surface area (Å²) in [6.07, 6.45) is 1.90. The molecule has 0 aromatic rings. The normalized spacial score (nSPS) is 37.3. The highest BCUT2D eigenvalue weighted by Crippen LogP contribution is 2.39. The number of carbonyl (C=O) groups is 1. The summed E-state index contributed by atoms with van der Waals surface area (Å²) in [5.74, 6) is 0.296. The summed E-state index contributed by atoms with van der Waals surface area (Å²) < 4.78 is 0. The minimum atomic E-state index is 0.0515. The molecule has 1 fully saturated rings. The summed E-state index contributed by atoms with van der Waals surface area (Å²) in [6.45, 7) is 4.39. The monoisotopic (exact) mass is 282 g/mol. The Morgan fingerprint density at radius 2 is 1.64 bits per heavy atom. The second-order valence-electron chi connectivity index (χ2n) is 3.91. The molecule has 0 spiro atoms. The standard InChI is InChI=1S/C8H12Br2O/c1-8(2)3-5(9)7(11)6(10)4-8/h5-6H,3-4H2,1-2H3. The Hall–Kier alpha value is 0.630. The van der Waals surface area contributed by atoms with Crippen molar-refractivity contribution >= 4 is 37.6 Å². The van der Waals surface area contributed by atoms with E-state index in [4.69, 9.17) is 0 Å². The van der Waals surface area contributed by atoms with Gasteiger partial charge in [-0.2, -0.15) is 0 Å². The Morgan fingerprint density at radius 1 is 1.27 bits per heavy atom. The molecule has 1 aliphatic carbocycles. The van der Waals surface area contributed by atoms with Crippen LogP contribution >= 0.6 is 31.9 Å². The van der Waals surface area contributed by atoms with Crippen LogP contribution in [0.2, 0.25) is 0 Å². The van der Waals surface area contributed by atoms with Crippen molar-refractivity contribution in [2.45, 2.75) is 36.3 Å². The van der Waals surface area contributed by atoms with Crippen molar-refractivity contribution in [3.63, 3.8) is 0 Å². The van der Waals surface area contributed by atoms with Crippen molar-refractivity contribution in [3.8, 4) is 0 Å². The van der Waals surface area contributed by atoms with E-state index in [1.54, 1.807) is 0 Å². The van der Waals surface area contributed by atoms with E-state index in [0.717, 1.165) is 12.8 Å². The molecular weight excluding hydrogens is 272 g/mol. The first-order valence-electron chi connectivity index (χ1n) is 3.74. The number of halogens is 2. The average Bonchev–Trinajstić information content (AvgIpc) is 1.81. The predicted molar refractivity (Wildman–Crippen MR) is 53.5 cm³/mol. The van der Waals surface area contributed by atoms with Gasteiger partial charge < -0.3 is 0 Å². The summed E-state index contributed by atoms with van der Waals surface area (Å²) in [7, 11) is 0. The van der Waals surface area contributed by atoms with Crippen molar-refractivity contribution in [3.05, 3.63) is 0 Å². The second kappa shape index (κ2) is 3.17. The van der Waals surface area contributed by atoms with Crippen LogP contribution in [0, 0.1) is 5.41 Å². The lowest BCUT2D eigenvalue weighted by Gasteiger charge is -2.34. The van der Waals surface area contributed by atoms with Crippen molar-refractivity contribution in [2.24, 2.45) is 5.41 Å². The maximum atomic E-state index is 11.3. The van der Waals surface area contributed by atoms with Gasteiger partial charge in [-0.15, -0.1) is 0 Å². The van der Waals surface area contributed by atoms with Gasteiger partial charge in [0.15, 0.2) is 5.78 Å². The Bertz CT molecular complexity index is 161. The molecule has 2 atom stereocenters. The lowest BCUT2D eigenvalue weighted by Crippen LogP contribution is -2.38. The van der Waals surface area contributed by atoms with Gasteiger partial charge in [-0.3, -0.25) is 4.79 Å². The molecule has 0 aromatic heterocycles. The van der Waals surface area contributed by atoms with Crippen LogP contribution in [0.4, 0.5) is 0 Å². The number of Topliss-reactive ketones (excluding diaryl/α,β-unsaturated/α-hetero) is 1. The number of hydrogen-bond donors (Lipinski definition) is 0. The number of rotatable bonds is 0. The SMILES string of the molecule is CC1(C)CC(Br)C(=O)C(Br)C1. The van der Waals surface area contributed by atoms with E-state index in [1.807, 2.05) is 0 Å². The molecular formula is C8H12Br2O. The van der Waals surface area contributed by atoms with E-state index in [0.29, 0.717) is 5.78 Å². The molecule has 64 valence electrons. The van der Waals surface area contributed by atoms with E-state index in [1.165, 1.54) is 0 Å². The maximum Gasteiger partial charge on any atom is 0.160 e. The van der Waals surface area contributed by atoms with E-state index < -0.39 is 0 Å². The molecule has 0 radical (unpaired) electrons. The number of ketones is 1. The first-order valence-corrected chi connectivity index (χ1v) is 5.57. The maximum absolute atomic E-state index is 11.3. The fourth-order valence-electron chi connectivity index (χ4n) is 1.45. The molecule has 0 aromatic carbocycles. The number of carbonyl (C=O) groups excluding carboxylic acids is 1. The lowest BCUT2D eigenvalue weighted by molar-refractivity contribution is -0.120. The molecule has 1 nitrogen and oxygen atoms in total. The van der Waals surface area contributed by atoms with E-state index in [9.17, 15) is 4.79 Å². The molecule has 0 amide bonds. The minimum absolute atomic E-state index is 0.0515. The van der Waals surface area contributed by atoms with E-state index in [-0.39, 0.29) is 15.1 Å². The fraction of sp³-hybridized carbons (Fsp3) is 0.875. The van der Waals surface area contributed by atoms with Gasteiger partial charge in [0.1, 0.15) is 0 Å². The molecule has 0 aliphatic heterocycles. The summed E-state index contributed by atoms with van der Waals surface area (Å²) >= 11 is 6.78. The van der Waals surface area contributed by atoms with Crippen molar-refractivity contribution in [1.82, 2.24) is 0 Å². The quantitative estimate of drug-likeness (QED) is 0.625. The van der Waals surface area contributed by atoms with E-state index >= 15 is 0 Å². The molecule has 1 saturated carbocycles.